The molecule has 0 saturated heterocycles. The van der Waals surface area contributed by atoms with Crippen molar-refractivity contribution in [2.75, 3.05) is 11.1 Å². The molecule has 2 nitrogen and oxygen atoms in total. The van der Waals surface area contributed by atoms with E-state index in [0.29, 0.717) is 5.75 Å². The second-order valence-electron chi connectivity index (χ2n) is 4.99. The normalized spacial score (nSPS) is 10.4. The standard InChI is InChI=1S/C17H18BrNOS/c1-12-3-4-13(2)16(9-12)19-17(20)11-21-10-14-5-7-15(18)8-6-14/h3-9H,10-11H2,1-2H3,(H,19,20). The molecule has 2 rings (SSSR count). The van der Waals surface area contributed by atoms with Crippen molar-refractivity contribution in [3.63, 3.8) is 0 Å². The average molecular weight is 364 g/mol. The Morgan fingerprint density at radius 3 is 2.57 bits per heavy atom. The van der Waals surface area contributed by atoms with E-state index < -0.39 is 0 Å². The van der Waals surface area contributed by atoms with Crippen molar-refractivity contribution < 1.29 is 4.79 Å². The largest absolute Gasteiger partial charge is 0.325 e. The zero-order valence-electron chi connectivity index (χ0n) is 12.2. The molecular weight excluding hydrogens is 346 g/mol. The molecule has 0 aliphatic rings. The zero-order valence-corrected chi connectivity index (χ0v) is 14.6. The summed E-state index contributed by atoms with van der Waals surface area (Å²) in [6.07, 6.45) is 0. The minimum Gasteiger partial charge on any atom is -0.325 e. The highest BCUT2D eigenvalue weighted by atomic mass is 79.9. The minimum absolute atomic E-state index is 0.0470. The van der Waals surface area contributed by atoms with E-state index in [4.69, 9.17) is 0 Å². The minimum atomic E-state index is 0.0470. The lowest BCUT2D eigenvalue weighted by Crippen LogP contribution is -2.15. The highest BCUT2D eigenvalue weighted by Gasteiger charge is 2.05. The van der Waals surface area contributed by atoms with Gasteiger partial charge >= 0.3 is 0 Å². The Labute approximate surface area is 138 Å². The predicted molar refractivity (Wildman–Crippen MR) is 94.8 cm³/mol. The van der Waals surface area contributed by atoms with Crippen LogP contribution in [0, 0.1) is 13.8 Å². The quantitative estimate of drug-likeness (QED) is 0.814. The summed E-state index contributed by atoms with van der Waals surface area (Å²) in [5.41, 5.74) is 4.37. The first-order chi connectivity index (χ1) is 10.0. The van der Waals surface area contributed by atoms with Gasteiger partial charge in [0.05, 0.1) is 5.75 Å². The van der Waals surface area contributed by atoms with Gasteiger partial charge in [0, 0.05) is 15.9 Å². The van der Waals surface area contributed by atoms with Crippen molar-refractivity contribution >= 4 is 39.3 Å². The Morgan fingerprint density at radius 2 is 1.86 bits per heavy atom. The fraction of sp³-hybridized carbons (Fsp3) is 0.235. The summed E-state index contributed by atoms with van der Waals surface area (Å²) >= 11 is 5.04. The van der Waals surface area contributed by atoms with Gasteiger partial charge in [0.15, 0.2) is 0 Å². The number of aryl methyl sites for hydroxylation is 2. The van der Waals surface area contributed by atoms with Crippen molar-refractivity contribution in [3.05, 3.63) is 63.6 Å². The lowest BCUT2D eigenvalue weighted by Gasteiger charge is -2.09. The molecule has 0 aromatic heterocycles. The monoisotopic (exact) mass is 363 g/mol. The van der Waals surface area contributed by atoms with Crippen molar-refractivity contribution in [2.24, 2.45) is 0 Å². The lowest BCUT2D eigenvalue weighted by molar-refractivity contribution is -0.113. The molecule has 0 saturated carbocycles. The van der Waals surface area contributed by atoms with Crippen LogP contribution in [-0.2, 0) is 10.5 Å². The summed E-state index contributed by atoms with van der Waals surface area (Å²) in [4.78, 5) is 12.0. The van der Waals surface area contributed by atoms with Crippen LogP contribution in [0.3, 0.4) is 0 Å². The van der Waals surface area contributed by atoms with Crippen LogP contribution in [0.5, 0.6) is 0 Å². The van der Waals surface area contributed by atoms with Crippen LogP contribution in [0.15, 0.2) is 46.9 Å². The summed E-state index contributed by atoms with van der Waals surface area (Å²) in [5, 5.41) is 2.98. The summed E-state index contributed by atoms with van der Waals surface area (Å²) in [6, 6.07) is 14.3. The van der Waals surface area contributed by atoms with Crippen LogP contribution < -0.4 is 5.32 Å². The number of thioether (sulfide) groups is 1. The molecule has 0 aliphatic carbocycles. The first kappa shape index (κ1) is 16.1. The molecule has 0 radical (unpaired) electrons. The highest BCUT2D eigenvalue weighted by Crippen LogP contribution is 2.18. The smallest absolute Gasteiger partial charge is 0.234 e. The van der Waals surface area contributed by atoms with E-state index in [9.17, 15) is 4.79 Å². The number of amides is 1. The topological polar surface area (TPSA) is 29.1 Å². The maximum absolute atomic E-state index is 12.0. The van der Waals surface area contributed by atoms with Crippen molar-refractivity contribution in [1.29, 1.82) is 0 Å². The summed E-state index contributed by atoms with van der Waals surface area (Å²) < 4.78 is 1.07. The Balaban J connectivity index is 1.82. The predicted octanol–water partition coefficient (Wildman–Crippen LogP) is 4.94. The maximum Gasteiger partial charge on any atom is 0.234 e. The van der Waals surface area contributed by atoms with Gasteiger partial charge in [-0.25, -0.2) is 0 Å². The van der Waals surface area contributed by atoms with Gasteiger partial charge in [0.25, 0.3) is 0 Å². The summed E-state index contributed by atoms with van der Waals surface area (Å²) in [5.74, 6) is 1.35. The second kappa shape index (κ2) is 7.66. The van der Waals surface area contributed by atoms with E-state index in [1.165, 1.54) is 5.56 Å². The van der Waals surface area contributed by atoms with Crippen LogP contribution in [0.1, 0.15) is 16.7 Å². The number of benzene rings is 2. The summed E-state index contributed by atoms with van der Waals surface area (Å²) in [7, 11) is 0. The molecule has 21 heavy (non-hydrogen) atoms. The van der Waals surface area contributed by atoms with Crippen LogP contribution in [0.4, 0.5) is 5.69 Å². The highest BCUT2D eigenvalue weighted by molar-refractivity contribution is 9.10. The molecule has 0 spiro atoms. The van der Waals surface area contributed by atoms with Crippen LogP contribution in [-0.4, -0.2) is 11.7 Å². The van der Waals surface area contributed by atoms with E-state index in [2.05, 4.69) is 33.4 Å². The molecular formula is C17H18BrNOS. The van der Waals surface area contributed by atoms with Crippen molar-refractivity contribution in [3.8, 4) is 0 Å². The Bertz CT molecular complexity index is 625. The van der Waals surface area contributed by atoms with Crippen molar-refractivity contribution in [1.82, 2.24) is 0 Å². The Kier molecular flexibility index (Phi) is 5.88. The molecule has 1 N–H and O–H groups in total. The number of hydrogen-bond donors (Lipinski definition) is 1. The number of anilines is 1. The summed E-state index contributed by atoms with van der Waals surface area (Å²) in [6.45, 7) is 4.03. The molecule has 2 aromatic carbocycles. The molecule has 0 heterocycles. The number of rotatable bonds is 5. The van der Waals surface area contributed by atoms with Gasteiger partial charge in [-0.15, -0.1) is 11.8 Å². The van der Waals surface area contributed by atoms with Crippen LogP contribution >= 0.6 is 27.7 Å². The van der Waals surface area contributed by atoms with Gasteiger partial charge in [-0.1, -0.05) is 40.2 Å². The van der Waals surface area contributed by atoms with E-state index in [1.807, 2.05) is 44.2 Å². The van der Waals surface area contributed by atoms with E-state index in [1.54, 1.807) is 11.8 Å². The number of nitrogens with one attached hydrogen (secondary N) is 1. The van der Waals surface area contributed by atoms with Gasteiger partial charge in [-0.2, -0.15) is 0 Å². The molecule has 0 aliphatic heterocycles. The molecule has 0 bridgehead atoms. The SMILES string of the molecule is Cc1ccc(C)c(NC(=O)CSCc2ccc(Br)cc2)c1. The van der Waals surface area contributed by atoms with Crippen LogP contribution in [0.25, 0.3) is 0 Å². The average Bonchev–Trinajstić information content (AvgIpc) is 2.45. The molecule has 0 unspecified atom stereocenters. The third kappa shape index (κ3) is 5.21. The first-order valence-corrected chi connectivity index (χ1v) is 8.68. The third-order valence-corrected chi connectivity index (χ3v) is 4.61. The van der Waals surface area contributed by atoms with Gasteiger partial charge in [0.2, 0.25) is 5.91 Å². The maximum atomic E-state index is 12.0. The molecule has 2 aromatic rings. The molecule has 0 fully saturated rings. The van der Waals surface area contributed by atoms with Gasteiger partial charge in [0.1, 0.15) is 0 Å². The molecule has 110 valence electrons. The van der Waals surface area contributed by atoms with Gasteiger partial charge in [-0.05, 0) is 48.7 Å². The van der Waals surface area contributed by atoms with E-state index in [-0.39, 0.29) is 5.91 Å². The number of carbonyl (C=O) groups is 1. The van der Waals surface area contributed by atoms with Crippen LogP contribution in [0.2, 0.25) is 0 Å². The van der Waals surface area contributed by atoms with E-state index >= 15 is 0 Å². The lowest BCUT2D eigenvalue weighted by atomic mass is 10.1. The van der Waals surface area contributed by atoms with Crippen molar-refractivity contribution in [2.45, 2.75) is 19.6 Å². The fourth-order valence-corrected chi connectivity index (χ4v) is 2.95. The Hall–Kier alpha value is -1.26. The molecule has 4 heteroatoms. The second-order valence-corrected chi connectivity index (χ2v) is 6.89. The Morgan fingerprint density at radius 1 is 1.14 bits per heavy atom. The first-order valence-electron chi connectivity index (χ1n) is 6.74. The third-order valence-electron chi connectivity index (χ3n) is 3.08. The number of carbonyl (C=O) groups excluding carboxylic acids is 1. The van der Waals surface area contributed by atoms with E-state index in [0.717, 1.165) is 27.0 Å². The van der Waals surface area contributed by atoms with Gasteiger partial charge in [-0.3, -0.25) is 4.79 Å². The number of hydrogen-bond acceptors (Lipinski definition) is 2. The molecule has 1 amide bonds. The molecule has 0 atom stereocenters. The zero-order chi connectivity index (χ0) is 15.2. The fourth-order valence-electron chi connectivity index (χ4n) is 1.90. The number of halogens is 1. The van der Waals surface area contributed by atoms with Gasteiger partial charge < -0.3 is 5.32 Å².